The van der Waals surface area contributed by atoms with Gasteiger partial charge in [0.2, 0.25) is 21.8 Å². The average molecular weight is 625 g/mol. The Labute approximate surface area is 251 Å². The molecule has 40 heavy (non-hydrogen) atoms. The van der Waals surface area contributed by atoms with Gasteiger partial charge >= 0.3 is 0 Å². The molecule has 0 bridgehead atoms. The van der Waals surface area contributed by atoms with Crippen LogP contribution in [0.5, 0.6) is 0 Å². The van der Waals surface area contributed by atoms with Crippen LogP contribution in [0.2, 0.25) is 15.1 Å². The molecule has 3 aromatic carbocycles. The highest BCUT2D eigenvalue weighted by atomic mass is 35.5. The normalized spacial score (nSPS) is 12.5. The SMILES string of the molecule is CC(C)(C)NC(=O)C(Cc1ccccc1)N(Cc1ccccc1Cl)C(=O)CN(c1cc(Cl)cc(Cl)c1)S(C)(=O)=O. The van der Waals surface area contributed by atoms with Crippen LogP contribution in [-0.4, -0.2) is 49.5 Å². The van der Waals surface area contributed by atoms with Crippen molar-refractivity contribution in [3.63, 3.8) is 0 Å². The molecule has 0 saturated carbocycles. The van der Waals surface area contributed by atoms with E-state index in [1.54, 1.807) is 24.3 Å². The van der Waals surface area contributed by atoms with Crippen LogP contribution in [0.4, 0.5) is 5.69 Å². The monoisotopic (exact) mass is 623 g/mol. The molecule has 0 aliphatic carbocycles. The Morgan fingerprint density at radius 1 is 0.900 bits per heavy atom. The van der Waals surface area contributed by atoms with Crippen LogP contribution < -0.4 is 9.62 Å². The van der Waals surface area contributed by atoms with Crippen LogP contribution in [0, 0.1) is 0 Å². The van der Waals surface area contributed by atoms with E-state index < -0.39 is 34.1 Å². The highest BCUT2D eigenvalue weighted by Crippen LogP contribution is 2.28. The molecule has 11 heteroatoms. The molecule has 0 heterocycles. The lowest BCUT2D eigenvalue weighted by atomic mass is 10.0. The van der Waals surface area contributed by atoms with Crippen LogP contribution in [-0.2, 0) is 32.6 Å². The van der Waals surface area contributed by atoms with E-state index >= 15 is 0 Å². The second kappa shape index (κ2) is 13.3. The van der Waals surface area contributed by atoms with Crippen molar-refractivity contribution in [3.05, 3.63) is 99.0 Å². The molecule has 0 aromatic heterocycles. The topological polar surface area (TPSA) is 86.8 Å². The summed E-state index contributed by atoms with van der Waals surface area (Å²) >= 11 is 18.7. The van der Waals surface area contributed by atoms with E-state index in [-0.39, 0.29) is 34.6 Å². The lowest BCUT2D eigenvalue weighted by Gasteiger charge is -2.35. The lowest BCUT2D eigenvalue weighted by molar-refractivity contribution is -0.140. The molecule has 0 aliphatic rings. The van der Waals surface area contributed by atoms with Crippen LogP contribution in [0.3, 0.4) is 0 Å². The number of carbonyl (C=O) groups excluding carboxylic acids is 2. The maximum Gasteiger partial charge on any atom is 0.244 e. The fraction of sp³-hybridized carbons (Fsp3) is 0.310. The standard InChI is InChI=1S/C29H32Cl3N3O4S/c1-29(2,3)33-28(37)26(14-20-10-6-5-7-11-20)34(18-21-12-8-9-13-25(21)32)27(36)19-35(40(4,38)39)24-16-22(30)15-23(31)17-24/h5-13,15-17,26H,14,18-19H2,1-4H3,(H,33,37). The zero-order valence-electron chi connectivity index (χ0n) is 22.7. The first-order valence-electron chi connectivity index (χ1n) is 12.5. The second-order valence-corrected chi connectivity index (χ2v) is 13.6. The van der Waals surface area contributed by atoms with E-state index in [9.17, 15) is 18.0 Å². The van der Waals surface area contributed by atoms with Gasteiger partial charge in [-0.05, 0) is 56.2 Å². The minimum Gasteiger partial charge on any atom is -0.350 e. The third-order valence-electron chi connectivity index (χ3n) is 5.88. The number of hydrogen-bond acceptors (Lipinski definition) is 4. The van der Waals surface area contributed by atoms with Crippen molar-refractivity contribution in [1.29, 1.82) is 0 Å². The van der Waals surface area contributed by atoms with Gasteiger partial charge in [0, 0.05) is 33.6 Å². The van der Waals surface area contributed by atoms with Gasteiger partial charge in [0.05, 0.1) is 11.9 Å². The first-order chi connectivity index (χ1) is 18.6. The molecule has 214 valence electrons. The summed E-state index contributed by atoms with van der Waals surface area (Å²) in [4.78, 5) is 29.2. The van der Waals surface area contributed by atoms with Gasteiger partial charge in [0.25, 0.3) is 0 Å². The van der Waals surface area contributed by atoms with Crippen LogP contribution in [0.1, 0.15) is 31.9 Å². The minimum atomic E-state index is -3.95. The highest BCUT2D eigenvalue weighted by Gasteiger charge is 2.34. The largest absolute Gasteiger partial charge is 0.350 e. The van der Waals surface area contributed by atoms with E-state index in [1.165, 1.54) is 23.1 Å². The Kier molecular flexibility index (Phi) is 10.5. The summed E-state index contributed by atoms with van der Waals surface area (Å²) in [6, 6.07) is 19.6. The predicted molar refractivity (Wildman–Crippen MR) is 162 cm³/mol. The molecule has 7 nitrogen and oxygen atoms in total. The summed E-state index contributed by atoms with van der Waals surface area (Å²) in [5, 5.41) is 3.81. The van der Waals surface area contributed by atoms with Crippen molar-refractivity contribution in [3.8, 4) is 0 Å². The fourth-order valence-corrected chi connectivity index (χ4v) is 5.66. The average Bonchev–Trinajstić information content (AvgIpc) is 2.83. The van der Waals surface area contributed by atoms with E-state index in [0.29, 0.717) is 10.6 Å². The number of nitrogens with one attached hydrogen (secondary N) is 1. The lowest BCUT2D eigenvalue weighted by Crippen LogP contribution is -2.56. The summed E-state index contributed by atoms with van der Waals surface area (Å²) in [7, 11) is -3.95. The van der Waals surface area contributed by atoms with Gasteiger partial charge in [0.1, 0.15) is 12.6 Å². The quantitative estimate of drug-likeness (QED) is 0.301. The molecular formula is C29H32Cl3N3O4S. The summed E-state index contributed by atoms with van der Waals surface area (Å²) in [5.74, 6) is -0.986. The third kappa shape index (κ3) is 9.13. The van der Waals surface area contributed by atoms with Crippen LogP contribution in [0.15, 0.2) is 72.8 Å². The van der Waals surface area contributed by atoms with Crippen molar-refractivity contribution in [1.82, 2.24) is 10.2 Å². The zero-order valence-corrected chi connectivity index (χ0v) is 25.8. The molecule has 1 N–H and O–H groups in total. The van der Waals surface area contributed by atoms with Crippen molar-refractivity contribution in [2.75, 3.05) is 17.1 Å². The number of sulfonamides is 1. The summed E-state index contributed by atoms with van der Waals surface area (Å²) < 4.78 is 26.7. The van der Waals surface area contributed by atoms with E-state index in [2.05, 4.69) is 5.32 Å². The second-order valence-electron chi connectivity index (χ2n) is 10.5. The number of halogens is 3. The summed E-state index contributed by atoms with van der Waals surface area (Å²) in [6.45, 7) is 4.92. The molecular weight excluding hydrogens is 593 g/mol. The maximum atomic E-state index is 14.1. The number of amides is 2. The van der Waals surface area contributed by atoms with Gasteiger partial charge in [-0.1, -0.05) is 83.3 Å². The highest BCUT2D eigenvalue weighted by molar-refractivity contribution is 7.92. The van der Waals surface area contributed by atoms with E-state index in [0.717, 1.165) is 16.1 Å². The molecule has 0 saturated heterocycles. The number of rotatable bonds is 10. The molecule has 1 unspecified atom stereocenters. The molecule has 0 aliphatic heterocycles. The number of nitrogens with zero attached hydrogens (tertiary/aromatic N) is 2. The van der Waals surface area contributed by atoms with Gasteiger partial charge in [0.15, 0.2) is 0 Å². The van der Waals surface area contributed by atoms with Crippen molar-refractivity contribution in [2.24, 2.45) is 0 Å². The van der Waals surface area contributed by atoms with Crippen molar-refractivity contribution < 1.29 is 18.0 Å². The first-order valence-corrected chi connectivity index (χ1v) is 15.4. The Hall–Kier alpha value is -2.78. The Balaban J connectivity index is 2.10. The van der Waals surface area contributed by atoms with Crippen LogP contribution >= 0.6 is 34.8 Å². The molecule has 2 amide bonds. The Bertz CT molecular complexity index is 1440. The van der Waals surface area contributed by atoms with Crippen molar-refractivity contribution >= 4 is 62.3 Å². The van der Waals surface area contributed by atoms with Crippen LogP contribution in [0.25, 0.3) is 0 Å². The smallest absolute Gasteiger partial charge is 0.244 e. The molecule has 3 rings (SSSR count). The predicted octanol–water partition coefficient (Wildman–Crippen LogP) is 5.97. The maximum absolute atomic E-state index is 14.1. The third-order valence-corrected chi connectivity index (χ3v) is 7.83. The molecule has 3 aromatic rings. The van der Waals surface area contributed by atoms with E-state index in [4.69, 9.17) is 34.8 Å². The van der Waals surface area contributed by atoms with Gasteiger partial charge in [-0.15, -0.1) is 0 Å². The first kappa shape index (κ1) is 31.7. The summed E-state index contributed by atoms with van der Waals surface area (Å²) in [5.41, 5.74) is 0.984. The molecule has 0 radical (unpaired) electrons. The number of benzene rings is 3. The van der Waals surface area contributed by atoms with Gasteiger partial charge in [-0.3, -0.25) is 13.9 Å². The number of carbonyl (C=O) groups is 2. The van der Waals surface area contributed by atoms with Gasteiger partial charge in [-0.2, -0.15) is 0 Å². The fourth-order valence-electron chi connectivity index (χ4n) is 4.11. The van der Waals surface area contributed by atoms with Gasteiger partial charge in [-0.25, -0.2) is 8.42 Å². The molecule has 1 atom stereocenters. The molecule has 0 spiro atoms. The molecule has 0 fully saturated rings. The van der Waals surface area contributed by atoms with Crippen molar-refractivity contribution in [2.45, 2.75) is 45.3 Å². The Morgan fingerprint density at radius 3 is 2.02 bits per heavy atom. The summed E-state index contributed by atoms with van der Waals surface area (Å²) in [6.07, 6.45) is 1.18. The Morgan fingerprint density at radius 2 is 1.48 bits per heavy atom. The minimum absolute atomic E-state index is 0.0263. The van der Waals surface area contributed by atoms with E-state index in [1.807, 2.05) is 51.1 Å². The van der Waals surface area contributed by atoms with Gasteiger partial charge < -0.3 is 10.2 Å². The number of anilines is 1. The zero-order chi connectivity index (χ0) is 29.7. The number of hydrogen-bond donors (Lipinski definition) is 1.